The molecule has 4 N–H and O–H groups in total. The first kappa shape index (κ1) is 15.5. The van der Waals surface area contributed by atoms with Gasteiger partial charge in [0.2, 0.25) is 11.8 Å². The summed E-state index contributed by atoms with van der Waals surface area (Å²) in [6.45, 7) is 1.69. The largest absolute Gasteiger partial charge is 0.352 e. The van der Waals surface area contributed by atoms with Gasteiger partial charge < -0.3 is 16.4 Å². The summed E-state index contributed by atoms with van der Waals surface area (Å²) in [7, 11) is 0. The van der Waals surface area contributed by atoms with Crippen molar-refractivity contribution in [2.24, 2.45) is 5.73 Å². The number of benzene rings is 1. The molecule has 6 heteroatoms. The lowest BCUT2D eigenvalue weighted by molar-refractivity contribution is -0.125. The van der Waals surface area contributed by atoms with Crippen LogP contribution in [0.1, 0.15) is 12.5 Å². The second-order valence-electron chi connectivity index (χ2n) is 4.24. The Labute approximate surface area is 117 Å². The summed E-state index contributed by atoms with van der Waals surface area (Å²) in [5.41, 5.74) is 6.09. The minimum atomic E-state index is -0.353. The van der Waals surface area contributed by atoms with E-state index in [9.17, 15) is 9.59 Å². The summed E-state index contributed by atoms with van der Waals surface area (Å²) in [4.78, 5) is 22.5. The maximum absolute atomic E-state index is 11.5. The number of nitrogens with two attached hydrogens (primary N) is 1. The molecule has 0 aromatic heterocycles. The average molecular weight is 284 g/mol. The van der Waals surface area contributed by atoms with E-state index in [1.54, 1.807) is 0 Å². The molecule has 0 saturated heterocycles. The zero-order valence-corrected chi connectivity index (χ0v) is 11.5. The van der Waals surface area contributed by atoms with Crippen LogP contribution < -0.4 is 16.4 Å². The van der Waals surface area contributed by atoms with Crippen LogP contribution in [0, 0.1) is 0 Å². The summed E-state index contributed by atoms with van der Waals surface area (Å²) in [5, 5.41) is 5.87. The fourth-order valence-electron chi connectivity index (χ4n) is 1.62. The highest BCUT2D eigenvalue weighted by atomic mass is 35.5. The smallest absolute Gasteiger partial charge is 0.239 e. The highest BCUT2D eigenvalue weighted by molar-refractivity contribution is 6.31. The molecule has 0 saturated carbocycles. The molecule has 1 atom stereocenters. The van der Waals surface area contributed by atoms with E-state index in [0.29, 0.717) is 11.4 Å². The van der Waals surface area contributed by atoms with E-state index in [-0.39, 0.29) is 30.9 Å². The molecule has 0 aliphatic heterocycles. The average Bonchev–Trinajstić information content (AvgIpc) is 2.38. The Morgan fingerprint density at radius 1 is 1.32 bits per heavy atom. The van der Waals surface area contributed by atoms with Gasteiger partial charge in [-0.1, -0.05) is 29.8 Å². The van der Waals surface area contributed by atoms with Gasteiger partial charge in [0.1, 0.15) is 0 Å². The van der Waals surface area contributed by atoms with Crippen molar-refractivity contribution < 1.29 is 9.59 Å². The molecule has 1 aromatic carbocycles. The van der Waals surface area contributed by atoms with Gasteiger partial charge in [-0.2, -0.15) is 0 Å². The molecule has 0 radical (unpaired) electrons. The predicted molar refractivity (Wildman–Crippen MR) is 74.8 cm³/mol. The standard InChI is InChI=1S/C13H18ClN3O2/c1-9(6-10-4-2-3-5-11(10)14)17-13(19)8-16-12(18)7-15/h2-5,9H,6-8,15H2,1H3,(H,16,18)(H,17,19). The van der Waals surface area contributed by atoms with Crippen LogP contribution in [0.25, 0.3) is 0 Å². The Kier molecular flexibility index (Phi) is 6.32. The molecule has 19 heavy (non-hydrogen) atoms. The van der Waals surface area contributed by atoms with Crippen molar-refractivity contribution >= 4 is 23.4 Å². The van der Waals surface area contributed by atoms with E-state index >= 15 is 0 Å². The topological polar surface area (TPSA) is 84.2 Å². The molecular formula is C13H18ClN3O2. The molecule has 1 rings (SSSR count). The zero-order valence-electron chi connectivity index (χ0n) is 10.8. The number of hydrogen-bond acceptors (Lipinski definition) is 3. The van der Waals surface area contributed by atoms with Gasteiger partial charge in [0.25, 0.3) is 0 Å². The van der Waals surface area contributed by atoms with Crippen molar-refractivity contribution in [3.63, 3.8) is 0 Å². The number of halogens is 1. The van der Waals surface area contributed by atoms with Crippen LogP contribution in [-0.2, 0) is 16.0 Å². The fraction of sp³-hybridized carbons (Fsp3) is 0.385. The molecule has 104 valence electrons. The highest BCUT2D eigenvalue weighted by Crippen LogP contribution is 2.16. The van der Waals surface area contributed by atoms with E-state index in [1.807, 2.05) is 31.2 Å². The number of carbonyl (C=O) groups excluding carboxylic acids is 2. The predicted octanol–water partition coefficient (Wildman–Crippen LogP) is 0.462. The first-order valence-corrected chi connectivity index (χ1v) is 6.40. The van der Waals surface area contributed by atoms with E-state index in [4.69, 9.17) is 17.3 Å². The first-order valence-electron chi connectivity index (χ1n) is 6.02. The van der Waals surface area contributed by atoms with Crippen LogP contribution in [0.5, 0.6) is 0 Å². The molecular weight excluding hydrogens is 266 g/mol. The first-order chi connectivity index (χ1) is 9.02. The van der Waals surface area contributed by atoms with Gasteiger partial charge in [-0.15, -0.1) is 0 Å². The summed E-state index contributed by atoms with van der Waals surface area (Å²) >= 11 is 6.04. The van der Waals surface area contributed by atoms with Gasteiger partial charge >= 0.3 is 0 Å². The van der Waals surface area contributed by atoms with Crippen molar-refractivity contribution in [2.75, 3.05) is 13.1 Å². The molecule has 0 heterocycles. The molecule has 0 bridgehead atoms. The summed E-state index contributed by atoms with van der Waals surface area (Å²) in [5.74, 6) is -0.602. The molecule has 0 aliphatic carbocycles. The number of rotatable bonds is 6. The molecule has 1 aromatic rings. The molecule has 1 unspecified atom stereocenters. The second-order valence-corrected chi connectivity index (χ2v) is 4.65. The Balaban J connectivity index is 2.39. The Bertz CT molecular complexity index is 451. The molecule has 5 nitrogen and oxygen atoms in total. The van der Waals surface area contributed by atoms with Gasteiger partial charge in [0.15, 0.2) is 0 Å². The van der Waals surface area contributed by atoms with Gasteiger partial charge in [-0.05, 0) is 25.0 Å². The monoisotopic (exact) mass is 283 g/mol. The van der Waals surface area contributed by atoms with Gasteiger partial charge in [0, 0.05) is 11.1 Å². The fourth-order valence-corrected chi connectivity index (χ4v) is 1.83. The maximum atomic E-state index is 11.5. The third kappa shape index (κ3) is 5.72. The normalized spacial score (nSPS) is 11.7. The van der Waals surface area contributed by atoms with Gasteiger partial charge in [-0.25, -0.2) is 0 Å². The summed E-state index contributed by atoms with van der Waals surface area (Å²) < 4.78 is 0. The molecule has 0 fully saturated rings. The summed E-state index contributed by atoms with van der Waals surface area (Å²) in [6.07, 6.45) is 0.635. The Morgan fingerprint density at radius 3 is 2.63 bits per heavy atom. The number of carbonyl (C=O) groups is 2. The minimum absolute atomic E-state index is 0.0666. The van der Waals surface area contributed by atoms with E-state index in [1.165, 1.54) is 0 Å². The highest BCUT2D eigenvalue weighted by Gasteiger charge is 2.10. The molecule has 2 amide bonds. The van der Waals surface area contributed by atoms with E-state index in [0.717, 1.165) is 5.56 Å². The summed E-state index contributed by atoms with van der Waals surface area (Å²) in [6, 6.07) is 7.42. The Hall–Kier alpha value is -1.59. The lowest BCUT2D eigenvalue weighted by atomic mass is 10.1. The van der Waals surface area contributed by atoms with E-state index < -0.39 is 0 Å². The zero-order chi connectivity index (χ0) is 14.3. The Morgan fingerprint density at radius 2 is 2.00 bits per heavy atom. The van der Waals surface area contributed by atoms with Crippen molar-refractivity contribution in [3.05, 3.63) is 34.9 Å². The maximum Gasteiger partial charge on any atom is 0.239 e. The van der Waals surface area contributed by atoms with E-state index in [2.05, 4.69) is 10.6 Å². The third-order valence-corrected chi connectivity index (χ3v) is 2.89. The van der Waals surface area contributed by atoms with Crippen molar-refractivity contribution in [2.45, 2.75) is 19.4 Å². The number of nitrogens with one attached hydrogen (secondary N) is 2. The number of amides is 2. The van der Waals surface area contributed by atoms with Crippen LogP contribution in [0.4, 0.5) is 0 Å². The minimum Gasteiger partial charge on any atom is -0.352 e. The molecule has 0 spiro atoms. The second kappa shape index (κ2) is 7.76. The lowest BCUT2D eigenvalue weighted by Crippen LogP contribution is -2.43. The van der Waals surface area contributed by atoms with Crippen molar-refractivity contribution in [3.8, 4) is 0 Å². The van der Waals surface area contributed by atoms with Crippen molar-refractivity contribution in [1.29, 1.82) is 0 Å². The molecule has 0 aliphatic rings. The van der Waals surface area contributed by atoms with Gasteiger partial charge in [0.05, 0.1) is 13.1 Å². The van der Waals surface area contributed by atoms with Crippen LogP contribution in [0.15, 0.2) is 24.3 Å². The van der Waals surface area contributed by atoms with Crippen LogP contribution in [0.3, 0.4) is 0 Å². The number of hydrogen-bond donors (Lipinski definition) is 3. The lowest BCUT2D eigenvalue weighted by Gasteiger charge is -2.15. The SMILES string of the molecule is CC(Cc1ccccc1Cl)NC(=O)CNC(=O)CN. The van der Waals surface area contributed by atoms with Crippen LogP contribution in [0.2, 0.25) is 5.02 Å². The third-order valence-electron chi connectivity index (χ3n) is 2.52. The van der Waals surface area contributed by atoms with Crippen molar-refractivity contribution in [1.82, 2.24) is 10.6 Å². The van der Waals surface area contributed by atoms with Crippen LogP contribution in [-0.4, -0.2) is 30.9 Å². The van der Waals surface area contributed by atoms with Gasteiger partial charge in [-0.3, -0.25) is 9.59 Å². The van der Waals surface area contributed by atoms with Crippen LogP contribution >= 0.6 is 11.6 Å². The quantitative estimate of drug-likeness (QED) is 0.709.